The molecule has 1 nitrogen and oxygen atoms in total. The lowest BCUT2D eigenvalue weighted by Gasteiger charge is -2.09. The summed E-state index contributed by atoms with van der Waals surface area (Å²) < 4.78 is 5.20. The van der Waals surface area contributed by atoms with Crippen molar-refractivity contribution in [3.05, 3.63) is 35.9 Å². The summed E-state index contributed by atoms with van der Waals surface area (Å²) in [5.41, 5.74) is 2.38. The third-order valence-electron chi connectivity index (χ3n) is 2.14. The molecule has 0 saturated heterocycles. The first-order chi connectivity index (χ1) is 7.19. The van der Waals surface area contributed by atoms with Crippen LogP contribution in [0.3, 0.4) is 0 Å². The first-order valence-electron chi connectivity index (χ1n) is 5.49. The minimum atomic E-state index is 0.546. The minimum absolute atomic E-state index is 0.546. The lowest BCUT2D eigenvalue weighted by Crippen LogP contribution is -1.91. The Labute approximate surface area is 93.8 Å². The molecule has 1 aromatic rings. The lowest BCUT2D eigenvalue weighted by atomic mass is 10.0. The van der Waals surface area contributed by atoms with Crippen LogP contribution in [0.5, 0.6) is 5.75 Å². The van der Waals surface area contributed by atoms with Crippen molar-refractivity contribution < 1.29 is 4.74 Å². The molecule has 84 valence electrons. The molecular formula is C14H22O. The molecule has 0 bridgehead atoms. The van der Waals surface area contributed by atoms with Crippen LogP contribution >= 0.6 is 0 Å². The maximum atomic E-state index is 5.20. The number of ether oxygens (including phenoxy) is 1. The molecule has 0 spiro atoms. The fourth-order valence-corrected chi connectivity index (χ4v) is 1.27. The minimum Gasteiger partial charge on any atom is -0.496 e. The van der Waals surface area contributed by atoms with E-state index in [1.165, 1.54) is 5.56 Å². The number of methoxy groups -OCH3 is 1. The van der Waals surface area contributed by atoms with Crippen molar-refractivity contribution in [1.82, 2.24) is 0 Å². The molecule has 0 aromatic heterocycles. The molecule has 1 aromatic carbocycles. The summed E-state index contributed by atoms with van der Waals surface area (Å²) in [6.07, 6.45) is 1.82. The topological polar surface area (TPSA) is 9.23 Å². The van der Waals surface area contributed by atoms with Crippen molar-refractivity contribution >= 4 is 6.08 Å². The van der Waals surface area contributed by atoms with Crippen LogP contribution in [-0.2, 0) is 0 Å². The standard InChI is InChI=1S/C12H16O.C2H6/c1-5-10-8-11(9(2)3)6-7-12(10)13-4;1-2/h5-9H,1H2,2-4H3;1-2H3. The molecule has 0 aliphatic rings. The molecule has 0 aliphatic heterocycles. The van der Waals surface area contributed by atoms with Crippen LogP contribution in [0.4, 0.5) is 0 Å². The molecule has 0 saturated carbocycles. The van der Waals surface area contributed by atoms with E-state index in [4.69, 9.17) is 4.74 Å². The predicted octanol–water partition coefficient (Wildman–Crippen LogP) is 4.49. The van der Waals surface area contributed by atoms with Gasteiger partial charge >= 0.3 is 0 Å². The van der Waals surface area contributed by atoms with Crippen LogP contribution in [0.25, 0.3) is 6.08 Å². The summed E-state index contributed by atoms with van der Waals surface area (Å²) in [4.78, 5) is 0. The molecule has 15 heavy (non-hydrogen) atoms. The van der Waals surface area contributed by atoms with Gasteiger partial charge in [0.05, 0.1) is 7.11 Å². The van der Waals surface area contributed by atoms with Gasteiger partial charge in [-0.25, -0.2) is 0 Å². The van der Waals surface area contributed by atoms with Crippen LogP contribution in [0.1, 0.15) is 44.7 Å². The molecule has 0 aliphatic carbocycles. The normalized spacial score (nSPS) is 9.20. The highest BCUT2D eigenvalue weighted by Gasteiger charge is 2.03. The van der Waals surface area contributed by atoms with Gasteiger partial charge in [-0.05, 0) is 23.6 Å². The maximum Gasteiger partial charge on any atom is 0.126 e. The predicted molar refractivity (Wildman–Crippen MR) is 68.5 cm³/mol. The number of hydrogen-bond donors (Lipinski definition) is 0. The molecule has 0 fully saturated rings. The highest BCUT2D eigenvalue weighted by molar-refractivity contribution is 5.57. The Balaban J connectivity index is 0.000000921. The Bertz CT molecular complexity index is 300. The SMILES string of the molecule is C=Cc1cc(C(C)C)ccc1OC.CC. The number of rotatable bonds is 3. The smallest absolute Gasteiger partial charge is 0.126 e. The van der Waals surface area contributed by atoms with E-state index in [1.54, 1.807) is 7.11 Å². The van der Waals surface area contributed by atoms with Crippen LogP contribution in [0.15, 0.2) is 24.8 Å². The zero-order valence-electron chi connectivity index (χ0n) is 10.5. The summed E-state index contributed by atoms with van der Waals surface area (Å²) in [5, 5.41) is 0. The van der Waals surface area contributed by atoms with Crippen molar-refractivity contribution in [1.29, 1.82) is 0 Å². The molecule has 0 amide bonds. The quantitative estimate of drug-likeness (QED) is 0.708. The Morgan fingerprint density at radius 1 is 1.27 bits per heavy atom. The molecule has 1 heteroatoms. The van der Waals surface area contributed by atoms with Crippen molar-refractivity contribution in [3.8, 4) is 5.75 Å². The van der Waals surface area contributed by atoms with Gasteiger partial charge < -0.3 is 4.74 Å². The fourth-order valence-electron chi connectivity index (χ4n) is 1.27. The molecule has 0 unspecified atom stereocenters. The number of hydrogen-bond acceptors (Lipinski definition) is 1. The summed E-state index contributed by atoms with van der Waals surface area (Å²) in [6.45, 7) is 12.1. The van der Waals surface area contributed by atoms with E-state index in [1.807, 2.05) is 26.0 Å². The largest absolute Gasteiger partial charge is 0.496 e. The highest BCUT2D eigenvalue weighted by atomic mass is 16.5. The molecule has 0 atom stereocenters. The third kappa shape index (κ3) is 3.78. The lowest BCUT2D eigenvalue weighted by molar-refractivity contribution is 0.413. The number of benzene rings is 1. The first-order valence-corrected chi connectivity index (χ1v) is 5.49. The zero-order valence-corrected chi connectivity index (χ0v) is 10.5. The average Bonchev–Trinajstić information content (AvgIpc) is 2.30. The van der Waals surface area contributed by atoms with Gasteiger partial charge in [0.25, 0.3) is 0 Å². The molecule has 0 N–H and O–H groups in total. The molecule has 1 rings (SSSR count). The molecule has 0 radical (unpaired) electrons. The summed E-state index contributed by atoms with van der Waals surface area (Å²) in [5.74, 6) is 1.43. The molecule has 0 heterocycles. The summed E-state index contributed by atoms with van der Waals surface area (Å²) in [6, 6.07) is 6.21. The van der Waals surface area contributed by atoms with E-state index in [2.05, 4.69) is 32.6 Å². The van der Waals surface area contributed by atoms with E-state index in [0.717, 1.165) is 11.3 Å². The average molecular weight is 206 g/mol. The van der Waals surface area contributed by atoms with E-state index in [-0.39, 0.29) is 0 Å². The first kappa shape index (κ1) is 13.8. The fraction of sp³-hybridized carbons (Fsp3) is 0.429. The monoisotopic (exact) mass is 206 g/mol. The van der Waals surface area contributed by atoms with Gasteiger partial charge in [-0.3, -0.25) is 0 Å². The van der Waals surface area contributed by atoms with Crippen molar-refractivity contribution in [2.75, 3.05) is 7.11 Å². The second-order valence-corrected chi connectivity index (χ2v) is 3.36. The van der Waals surface area contributed by atoms with Crippen LogP contribution in [0, 0.1) is 0 Å². The van der Waals surface area contributed by atoms with Crippen molar-refractivity contribution in [3.63, 3.8) is 0 Å². The maximum absolute atomic E-state index is 5.20. The van der Waals surface area contributed by atoms with Gasteiger partial charge in [0.15, 0.2) is 0 Å². The van der Waals surface area contributed by atoms with Gasteiger partial charge in [-0.2, -0.15) is 0 Å². The Kier molecular flexibility index (Phi) is 6.52. The van der Waals surface area contributed by atoms with Gasteiger partial charge in [0.1, 0.15) is 5.75 Å². The highest BCUT2D eigenvalue weighted by Crippen LogP contribution is 2.24. The second kappa shape index (κ2) is 7.10. The van der Waals surface area contributed by atoms with Crippen molar-refractivity contribution in [2.45, 2.75) is 33.6 Å². The van der Waals surface area contributed by atoms with E-state index < -0.39 is 0 Å². The van der Waals surface area contributed by atoms with E-state index in [9.17, 15) is 0 Å². The van der Waals surface area contributed by atoms with Gasteiger partial charge in [-0.15, -0.1) is 0 Å². The van der Waals surface area contributed by atoms with Gasteiger partial charge in [0.2, 0.25) is 0 Å². The van der Waals surface area contributed by atoms with Crippen LogP contribution in [-0.4, -0.2) is 7.11 Å². The Hall–Kier alpha value is -1.24. The Morgan fingerprint density at radius 3 is 2.27 bits per heavy atom. The third-order valence-corrected chi connectivity index (χ3v) is 2.14. The molecular weight excluding hydrogens is 184 g/mol. The van der Waals surface area contributed by atoms with Gasteiger partial charge in [0, 0.05) is 5.56 Å². The van der Waals surface area contributed by atoms with Crippen LogP contribution < -0.4 is 4.74 Å². The Morgan fingerprint density at radius 2 is 1.87 bits per heavy atom. The second-order valence-electron chi connectivity index (χ2n) is 3.36. The van der Waals surface area contributed by atoms with Gasteiger partial charge in [-0.1, -0.05) is 46.4 Å². The van der Waals surface area contributed by atoms with E-state index in [0.29, 0.717) is 5.92 Å². The van der Waals surface area contributed by atoms with E-state index >= 15 is 0 Å². The van der Waals surface area contributed by atoms with Crippen molar-refractivity contribution in [2.24, 2.45) is 0 Å². The zero-order chi connectivity index (χ0) is 11.8. The summed E-state index contributed by atoms with van der Waals surface area (Å²) >= 11 is 0. The van der Waals surface area contributed by atoms with Crippen LogP contribution in [0.2, 0.25) is 0 Å². The summed E-state index contributed by atoms with van der Waals surface area (Å²) in [7, 11) is 1.68.